The van der Waals surface area contributed by atoms with Crippen LogP contribution in [-0.4, -0.2) is 95.7 Å². The quantitative estimate of drug-likeness (QED) is 0.138. The van der Waals surface area contributed by atoms with E-state index in [1.54, 1.807) is 28.1 Å². The van der Waals surface area contributed by atoms with E-state index in [0.717, 1.165) is 24.3 Å². The summed E-state index contributed by atoms with van der Waals surface area (Å²) in [7, 11) is 0. The van der Waals surface area contributed by atoms with Crippen LogP contribution in [0, 0.1) is 34.9 Å². The van der Waals surface area contributed by atoms with E-state index >= 15 is 0 Å². The molecule has 0 bridgehead atoms. The topological polar surface area (TPSA) is 220 Å². The molecule has 59 heavy (non-hydrogen) atoms. The zero-order valence-corrected chi connectivity index (χ0v) is 30.0. The summed E-state index contributed by atoms with van der Waals surface area (Å²) in [6, 6.07) is 6.35. The summed E-state index contributed by atoms with van der Waals surface area (Å²) in [5.41, 5.74) is 6.40. The molecule has 0 saturated carbocycles. The molecule has 2 aliphatic heterocycles. The number of carbonyl (C=O) groups is 2. The number of benzene rings is 2. The van der Waals surface area contributed by atoms with Crippen molar-refractivity contribution in [2.45, 2.75) is 12.2 Å². The van der Waals surface area contributed by atoms with Crippen molar-refractivity contribution >= 4 is 34.9 Å². The van der Waals surface area contributed by atoms with Gasteiger partial charge in [0.05, 0.1) is 62.3 Å². The fraction of sp³-hybridized carbons (Fsp3) is 0.167. The number of ether oxygens (including phenoxy) is 2. The molecule has 0 spiro atoms. The molecule has 6 aromatic rings. The second kappa shape index (κ2) is 18.5. The van der Waals surface area contributed by atoms with E-state index < -0.39 is 59.0 Å². The Bertz CT molecular complexity index is 2370. The number of aromatic nitrogens is 8. The normalized spacial score (nSPS) is 13.4. The second-order valence-electron chi connectivity index (χ2n) is 12.2. The largest absolute Gasteiger partial charge is 0.487 e. The van der Waals surface area contributed by atoms with Crippen molar-refractivity contribution in [2.75, 3.05) is 47.0 Å². The number of carboxylic acids is 1. The Balaban J connectivity index is 0.000000173. The highest BCUT2D eigenvalue weighted by Gasteiger charge is 2.34. The van der Waals surface area contributed by atoms with Crippen LogP contribution in [0.2, 0.25) is 0 Å². The maximum absolute atomic E-state index is 13.3. The minimum Gasteiger partial charge on any atom is -0.487 e. The standard InChI is InChI=1S/C18H13F3N6O2.C14H10F3N3O3.C4H5N3/c19-13-5-11(6-14(20)15(13)21)29-12-8-27(9-12)17-16(22-3-4-23-17)18(28)26-10-1-2-24-25-7-10;15-10-1-7(2-11(16)12(10)17)23-8-4-20(5-8)13-9(14(21)22)3-18-6-19-13;5-4-1-2-6-7-3-4/h1-7,12H,8-9H2,(H,24,26,28);1-3,6,8H,4-5H2,(H,21,22);1-3H,(H2,5,6). The summed E-state index contributed by atoms with van der Waals surface area (Å²) in [4.78, 5) is 42.8. The molecule has 304 valence electrons. The van der Waals surface area contributed by atoms with Crippen molar-refractivity contribution < 1.29 is 50.5 Å². The van der Waals surface area contributed by atoms with Gasteiger partial charge in [0.25, 0.3) is 5.91 Å². The summed E-state index contributed by atoms with van der Waals surface area (Å²) in [6.45, 7) is 1.16. The Labute approximate surface area is 328 Å². The molecule has 8 rings (SSSR count). The van der Waals surface area contributed by atoms with Gasteiger partial charge in [-0.05, 0) is 12.1 Å². The summed E-state index contributed by atoms with van der Waals surface area (Å²) in [5, 5.41) is 26.1. The number of hydrogen-bond acceptors (Lipinski definition) is 15. The molecule has 1 amide bonds. The zero-order valence-electron chi connectivity index (χ0n) is 30.0. The molecule has 6 heterocycles. The molecule has 17 nitrogen and oxygen atoms in total. The van der Waals surface area contributed by atoms with Crippen molar-refractivity contribution in [2.24, 2.45) is 0 Å². The zero-order chi connectivity index (χ0) is 42.1. The van der Waals surface area contributed by atoms with E-state index in [-0.39, 0.29) is 41.7 Å². The van der Waals surface area contributed by atoms with E-state index in [4.69, 9.17) is 20.3 Å². The fourth-order valence-corrected chi connectivity index (χ4v) is 5.26. The monoisotopic (exact) mass is 822 g/mol. The lowest BCUT2D eigenvalue weighted by Gasteiger charge is -2.40. The van der Waals surface area contributed by atoms with Crippen LogP contribution in [0.25, 0.3) is 0 Å². The Morgan fingerprint density at radius 1 is 0.678 bits per heavy atom. The third kappa shape index (κ3) is 10.4. The highest BCUT2D eigenvalue weighted by Crippen LogP contribution is 2.28. The number of nitrogen functional groups attached to an aromatic ring is 1. The fourth-order valence-electron chi connectivity index (χ4n) is 5.26. The smallest absolute Gasteiger partial charge is 0.341 e. The van der Waals surface area contributed by atoms with Gasteiger partial charge in [-0.25, -0.2) is 51.1 Å². The van der Waals surface area contributed by atoms with Gasteiger partial charge in [-0.2, -0.15) is 20.4 Å². The summed E-state index contributed by atoms with van der Waals surface area (Å²) >= 11 is 0. The Hall–Kier alpha value is -7.72. The molecule has 0 aliphatic carbocycles. The number of amides is 1. The number of nitrogens with zero attached hydrogens (tertiary/aromatic N) is 10. The third-order valence-corrected chi connectivity index (χ3v) is 8.08. The van der Waals surface area contributed by atoms with Crippen molar-refractivity contribution in [1.29, 1.82) is 0 Å². The lowest BCUT2D eigenvalue weighted by molar-refractivity contribution is 0.0695. The van der Waals surface area contributed by atoms with Crippen LogP contribution < -0.4 is 30.3 Å². The molecule has 4 N–H and O–H groups in total. The van der Waals surface area contributed by atoms with Gasteiger partial charge in [-0.15, -0.1) is 0 Å². The van der Waals surface area contributed by atoms with E-state index in [1.807, 2.05) is 0 Å². The maximum atomic E-state index is 13.3. The number of carbonyl (C=O) groups excluding carboxylic acids is 1. The van der Waals surface area contributed by atoms with Gasteiger partial charge in [0.15, 0.2) is 46.4 Å². The van der Waals surface area contributed by atoms with Gasteiger partial charge in [0, 0.05) is 42.9 Å². The van der Waals surface area contributed by atoms with Crippen LogP contribution in [0.15, 0.2) is 86.1 Å². The summed E-state index contributed by atoms with van der Waals surface area (Å²) in [6.07, 6.45) is 10.3. The highest BCUT2D eigenvalue weighted by molar-refractivity contribution is 6.06. The van der Waals surface area contributed by atoms with Gasteiger partial charge < -0.3 is 35.4 Å². The van der Waals surface area contributed by atoms with Crippen LogP contribution in [0.4, 0.5) is 49.4 Å². The highest BCUT2D eigenvalue weighted by atomic mass is 19.2. The summed E-state index contributed by atoms with van der Waals surface area (Å²) < 4.78 is 89.5. The van der Waals surface area contributed by atoms with E-state index in [9.17, 15) is 35.9 Å². The average molecular weight is 823 g/mol. The number of carboxylic acid groups (broad SMARTS) is 1. The SMILES string of the molecule is Nc1ccnnc1.O=C(Nc1ccnnc1)c1nccnc1N1CC(Oc2cc(F)c(F)c(F)c2)C1.O=C(O)c1cncnc1N1CC(Oc2cc(F)c(F)c(F)c2)C1. The number of rotatable bonds is 9. The molecule has 2 saturated heterocycles. The van der Waals surface area contributed by atoms with Gasteiger partial charge in [0.1, 0.15) is 41.4 Å². The summed E-state index contributed by atoms with van der Waals surface area (Å²) in [5.74, 6) is -9.73. The van der Waals surface area contributed by atoms with Gasteiger partial charge in [-0.3, -0.25) is 4.79 Å². The van der Waals surface area contributed by atoms with Gasteiger partial charge >= 0.3 is 5.97 Å². The number of halogens is 6. The number of aromatic carboxylic acids is 1. The van der Waals surface area contributed by atoms with Gasteiger partial charge in [-0.1, -0.05) is 0 Å². The first kappa shape index (κ1) is 40.9. The van der Waals surface area contributed by atoms with E-state index in [2.05, 4.69) is 45.6 Å². The molecule has 2 aliphatic rings. The minimum atomic E-state index is -1.56. The third-order valence-electron chi connectivity index (χ3n) is 8.08. The molecule has 0 atom stereocenters. The Kier molecular flexibility index (Phi) is 12.8. The second-order valence-corrected chi connectivity index (χ2v) is 12.2. The first-order valence-electron chi connectivity index (χ1n) is 16.9. The average Bonchev–Trinajstić information content (AvgIpc) is 3.19. The molecule has 0 radical (unpaired) electrons. The first-order valence-corrected chi connectivity index (χ1v) is 16.9. The molecule has 23 heteroatoms. The molecule has 2 fully saturated rings. The van der Waals surface area contributed by atoms with Crippen molar-refractivity contribution in [3.8, 4) is 11.5 Å². The number of nitrogens with two attached hydrogens (primary N) is 1. The van der Waals surface area contributed by atoms with Gasteiger partial charge in [0.2, 0.25) is 0 Å². The van der Waals surface area contributed by atoms with Crippen LogP contribution in [-0.2, 0) is 0 Å². The Morgan fingerprint density at radius 2 is 1.20 bits per heavy atom. The van der Waals surface area contributed by atoms with E-state index in [0.29, 0.717) is 30.3 Å². The van der Waals surface area contributed by atoms with E-state index in [1.165, 1.54) is 43.5 Å². The predicted molar refractivity (Wildman–Crippen MR) is 193 cm³/mol. The van der Waals surface area contributed by atoms with Crippen LogP contribution >= 0.6 is 0 Å². The lowest BCUT2D eigenvalue weighted by atomic mass is 10.1. The number of anilines is 4. The minimum absolute atomic E-state index is 0.0511. The Morgan fingerprint density at radius 3 is 1.68 bits per heavy atom. The molecular weight excluding hydrogens is 794 g/mol. The van der Waals surface area contributed by atoms with Crippen molar-refractivity contribution in [3.05, 3.63) is 132 Å². The number of hydrogen-bond donors (Lipinski definition) is 3. The van der Waals surface area contributed by atoms with Crippen LogP contribution in [0.1, 0.15) is 20.8 Å². The molecule has 4 aromatic heterocycles. The van der Waals surface area contributed by atoms with Crippen LogP contribution in [0.3, 0.4) is 0 Å². The molecule has 0 unspecified atom stereocenters. The van der Waals surface area contributed by atoms with Crippen molar-refractivity contribution in [3.63, 3.8) is 0 Å². The van der Waals surface area contributed by atoms with Crippen molar-refractivity contribution in [1.82, 2.24) is 40.3 Å². The molecular formula is C36H28F6N12O5. The predicted octanol–water partition coefficient (Wildman–Crippen LogP) is 4.12. The van der Waals surface area contributed by atoms with Crippen LogP contribution in [0.5, 0.6) is 11.5 Å². The lowest BCUT2D eigenvalue weighted by Crippen LogP contribution is -2.54. The number of nitrogens with one attached hydrogen (secondary N) is 1. The first-order chi connectivity index (χ1) is 28.4. The molecule has 2 aromatic carbocycles. The maximum Gasteiger partial charge on any atom is 0.341 e.